The van der Waals surface area contributed by atoms with Gasteiger partial charge in [0, 0.05) is 22.8 Å². The van der Waals surface area contributed by atoms with Crippen molar-refractivity contribution in [2.45, 2.75) is 6.04 Å². The lowest BCUT2D eigenvalue weighted by molar-refractivity contribution is -0.384. The fourth-order valence-corrected chi connectivity index (χ4v) is 1.82. The number of rotatable bonds is 4. The zero-order chi connectivity index (χ0) is 14.5. The molecule has 1 atom stereocenters. The molecule has 0 aliphatic heterocycles. The lowest BCUT2D eigenvalue weighted by atomic mass is 10.1. The van der Waals surface area contributed by atoms with Gasteiger partial charge in [0.15, 0.2) is 0 Å². The molecule has 0 spiro atoms. The van der Waals surface area contributed by atoms with Crippen LogP contribution in [0.2, 0.25) is 5.02 Å². The predicted octanol–water partition coefficient (Wildman–Crippen LogP) is 3.92. The van der Waals surface area contributed by atoms with Crippen molar-refractivity contribution in [1.82, 2.24) is 0 Å². The third-order valence-corrected chi connectivity index (χ3v) is 2.97. The minimum Gasteiger partial charge on any atom is -0.366 e. The highest BCUT2D eigenvalue weighted by Crippen LogP contribution is 2.22. The lowest BCUT2D eigenvalue weighted by Gasteiger charge is -2.13. The molecule has 0 aromatic heterocycles. The van der Waals surface area contributed by atoms with Gasteiger partial charge in [-0.1, -0.05) is 11.6 Å². The number of benzene rings is 2. The average molecular weight is 288 g/mol. The molecule has 20 heavy (non-hydrogen) atoms. The van der Waals surface area contributed by atoms with Crippen molar-refractivity contribution >= 4 is 23.0 Å². The normalized spacial score (nSPS) is 11.4. The number of nitrogens with zero attached hydrogens (tertiary/aromatic N) is 2. The van der Waals surface area contributed by atoms with Gasteiger partial charge in [0.1, 0.15) is 6.04 Å². The molecule has 0 aliphatic carbocycles. The standard InChI is InChI=1S/C14H10ClN3O2/c15-11-3-5-12(6-4-11)17-14(9-16)10-1-7-13(8-2-10)18(19)20/h1-8,14,17H. The van der Waals surface area contributed by atoms with Crippen LogP contribution in [0.1, 0.15) is 11.6 Å². The van der Waals surface area contributed by atoms with Gasteiger partial charge in [-0.3, -0.25) is 10.1 Å². The third kappa shape index (κ3) is 3.25. The van der Waals surface area contributed by atoms with Crippen LogP contribution in [-0.2, 0) is 0 Å². The van der Waals surface area contributed by atoms with Gasteiger partial charge in [0.25, 0.3) is 5.69 Å². The Bertz CT molecular complexity index is 648. The molecule has 0 saturated heterocycles. The summed E-state index contributed by atoms with van der Waals surface area (Å²) in [5.41, 5.74) is 1.41. The highest BCUT2D eigenvalue weighted by atomic mass is 35.5. The maximum absolute atomic E-state index is 10.6. The average Bonchev–Trinajstić information content (AvgIpc) is 2.47. The van der Waals surface area contributed by atoms with Crippen molar-refractivity contribution in [3.8, 4) is 6.07 Å². The third-order valence-electron chi connectivity index (χ3n) is 2.72. The van der Waals surface area contributed by atoms with E-state index in [9.17, 15) is 15.4 Å². The molecule has 0 heterocycles. The number of hydrogen-bond acceptors (Lipinski definition) is 4. The van der Waals surface area contributed by atoms with Gasteiger partial charge in [-0.2, -0.15) is 5.26 Å². The summed E-state index contributed by atoms with van der Waals surface area (Å²) in [6.45, 7) is 0. The summed E-state index contributed by atoms with van der Waals surface area (Å²) in [5, 5.41) is 23.4. The molecule has 2 aromatic rings. The second kappa shape index (κ2) is 6.04. The fourth-order valence-electron chi connectivity index (χ4n) is 1.69. The van der Waals surface area contributed by atoms with Crippen molar-refractivity contribution in [2.24, 2.45) is 0 Å². The van der Waals surface area contributed by atoms with Gasteiger partial charge in [0.05, 0.1) is 11.0 Å². The number of anilines is 1. The van der Waals surface area contributed by atoms with Crippen LogP contribution in [-0.4, -0.2) is 4.92 Å². The molecule has 0 bridgehead atoms. The first-order valence-electron chi connectivity index (χ1n) is 5.76. The quantitative estimate of drug-likeness (QED) is 0.682. The van der Waals surface area contributed by atoms with Crippen LogP contribution in [0.3, 0.4) is 0 Å². The van der Waals surface area contributed by atoms with Crippen LogP contribution in [0, 0.1) is 21.4 Å². The molecule has 1 N–H and O–H groups in total. The van der Waals surface area contributed by atoms with Gasteiger partial charge in [0.2, 0.25) is 0 Å². The first-order valence-corrected chi connectivity index (χ1v) is 6.14. The zero-order valence-electron chi connectivity index (χ0n) is 10.3. The van der Waals surface area contributed by atoms with E-state index in [4.69, 9.17) is 11.6 Å². The monoisotopic (exact) mass is 287 g/mol. The molecule has 0 aliphatic rings. The largest absolute Gasteiger partial charge is 0.366 e. The maximum Gasteiger partial charge on any atom is 0.269 e. The Balaban J connectivity index is 2.18. The highest BCUT2D eigenvalue weighted by molar-refractivity contribution is 6.30. The van der Waals surface area contributed by atoms with E-state index in [-0.39, 0.29) is 5.69 Å². The van der Waals surface area contributed by atoms with E-state index in [1.807, 2.05) is 0 Å². The van der Waals surface area contributed by atoms with E-state index in [1.54, 1.807) is 36.4 Å². The van der Waals surface area contributed by atoms with Crippen LogP contribution in [0.15, 0.2) is 48.5 Å². The van der Waals surface area contributed by atoms with Crippen LogP contribution < -0.4 is 5.32 Å². The van der Waals surface area contributed by atoms with E-state index in [0.29, 0.717) is 10.6 Å². The molecule has 0 fully saturated rings. The van der Waals surface area contributed by atoms with Gasteiger partial charge < -0.3 is 5.32 Å². The van der Waals surface area contributed by atoms with Crippen molar-refractivity contribution in [3.05, 3.63) is 69.2 Å². The topological polar surface area (TPSA) is 79.0 Å². The summed E-state index contributed by atoms with van der Waals surface area (Å²) in [4.78, 5) is 10.1. The first-order chi connectivity index (χ1) is 9.60. The van der Waals surface area contributed by atoms with E-state index in [2.05, 4.69) is 11.4 Å². The molecule has 2 aromatic carbocycles. The Hall–Kier alpha value is -2.58. The van der Waals surface area contributed by atoms with Crippen molar-refractivity contribution < 1.29 is 4.92 Å². The van der Waals surface area contributed by atoms with Crippen molar-refractivity contribution in [2.75, 3.05) is 5.32 Å². The maximum atomic E-state index is 10.6. The second-order valence-electron chi connectivity index (χ2n) is 4.06. The molecule has 100 valence electrons. The van der Waals surface area contributed by atoms with E-state index in [0.717, 1.165) is 5.69 Å². The number of halogens is 1. The predicted molar refractivity (Wildman–Crippen MR) is 76.5 cm³/mol. The lowest BCUT2D eigenvalue weighted by Crippen LogP contribution is -2.08. The summed E-state index contributed by atoms with van der Waals surface area (Å²) >= 11 is 5.79. The van der Waals surface area contributed by atoms with E-state index < -0.39 is 11.0 Å². The van der Waals surface area contributed by atoms with E-state index >= 15 is 0 Å². The van der Waals surface area contributed by atoms with Crippen LogP contribution in [0.25, 0.3) is 0 Å². The Kier molecular flexibility index (Phi) is 4.18. The number of non-ortho nitro benzene ring substituents is 1. The van der Waals surface area contributed by atoms with Crippen molar-refractivity contribution in [3.63, 3.8) is 0 Å². The van der Waals surface area contributed by atoms with Crippen LogP contribution >= 0.6 is 11.6 Å². The number of nitrogens with one attached hydrogen (secondary N) is 1. The van der Waals surface area contributed by atoms with Crippen LogP contribution in [0.4, 0.5) is 11.4 Å². The first kappa shape index (κ1) is 13.8. The van der Waals surface area contributed by atoms with Crippen molar-refractivity contribution in [1.29, 1.82) is 5.26 Å². The molecule has 6 heteroatoms. The Labute approximate surface area is 120 Å². The zero-order valence-corrected chi connectivity index (χ0v) is 11.0. The summed E-state index contributed by atoms with van der Waals surface area (Å²) in [6.07, 6.45) is 0. The van der Waals surface area contributed by atoms with E-state index in [1.165, 1.54) is 12.1 Å². The smallest absolute Gasteiger partial charge is 0.269 e. The Morgan fingerprint density at radius 3 is 2.25 bits per heavy atom. The number of hydrogen-bond donors (Lipinski definition) is 1. The molecule has 2 rings (SSSR count). The highest BCUT2D eigenvalue weighted by Gasteiger charge is 2.12. The van der Waals surface area contributed by atoms with Gasteiger partial charge >= 0.3 is 0 Å². The minimum absolute atomic E-state index is 0.00284. The SMILES string of the molecule is N#CC(Nc1ccc(Cl)cc1)c1ccc([N+](=O)[O-])cc1. The number of nitro groups is 1. The summed E-state index contributed by atoms with van der Waals surface area (Å²) < 4.78 is 0. The minimum atomic E-state index is -0.586. The molecule has 0 radical (unpaired) electrons. The number of nitro benzene ring substituents is 1. The second-order valence-corrected chi connectivity index (χ2v) is 4.50. The fraction of sp³-hybridized carbons (Fsp3) is 0.0714. The molecule has 1 unspecified atom stereocenters. The number of nitriles is 1. The molecule has 5 nitrogen and oxygen atoms in total. The van der Waals surface area contributed by atoms with Gasteiger partial charge in [-0.15, -0.1) is 0 Å². The summed E-state index contributed by atoms with van der Waals surface area (Å²) in [6, 6.07) is 14.4. The summed E-state index contributed by atoms with van der Waals surface area (Å²) in [5.74, 6) is 0. The van der Waals surface area contributed by atoms with Crippen LogP contribution in [0.5, 0.6) is 0 Å². The van der Waals surface area contributed by atoms with Gasteiger partial charge in [-0.05, 0) is 42.0 Å². The molecule has 0 amide bonds. The molecular formula is C14H10ClN3O2. The summed E-state index contributed by atoms with van der Waals surface area (Å²) in [7, 11) is 0. The Morgan fingerprint density at radius 2 is 1.75 bits per heavy atom. The molecular weight excluding hydrogens is 278 g/mol. The molecule has 0 saturated carbocycles. The van der Waals surface area contributed by atoms with Gasteiger partial charge in [-0.25, -0.2) is 0 Å². The Morgan fingerprint density at radius 1 is 1.15 bits per heavy atom.